The number of methoxy groups -OCH3 is 1. The molecule has 4 rings (SSSR count). The number of carbonyl (C=O) groups is 2. The van der Waals surface area contributed by atoms with Gasteiger partial charge in [-0.2, -0.15) is 0 Å². The van der Waals surface area contributed by atoms with Crippen LogP contribution in [-0.2, 0) is 19.1 Å². The van der Waals surface area contributed by atoms with Gasteiger partial charge in [-0.3, -0.25) is 9.69 Å². The molecule has 0 aromatic rings. The summed E-state index contributed by atoms with van der Waals surface area (Å²) in [5, 5.41) is 22.8. The Hall–Kier alpha value is -1.44. The summed E-state index contributed by atoms with van der Waals surface area (Å²) < 4.78 is 11.2. The van der Waals surface area contributed by atoms with Crippen molar-refractivity contribution < 1.29 is 29.3 Å². The number of ketones is 1. The Labute approximate surface area is 172 Å². The van der Waals surface area contributed by atoms with Crippen molar-refractivity contribution in [3.63, 3.8) is 0 Å². The molecule has 0 amide bonds. The first-order valence-corrected chi connectivity index (χ1v) is 10.9. The van der Waals surface area contributed by atoms with E-state index < -0.39 is 29.2 Å². The van der Waals surface area contributed by atoms with Crippen molar-refractivity contribution in [1.29, 1.82) is 0 Å². The average Bonchev–Trinajstić information content (AvgIpc) is 2.97. The highest BCUT2D eigenvalue weighted by atomic mass is 16.6. The van der Waals surface area contributed by atoms with Crippen LogP contribution in [0, 0.1) is 11.8 Å². The molecule has 1 spiro atoms. The van der Waals surface area contributed by atoms with Gasteiger partial charge in [0.1, 0.15) is 5.60 Å². The Bertz CT molecular complexity index is 750. The maximum absolute atomic E-state index is 13.6. The fourth-order valence-electron chi connectivity index (χ4n) is 6.75. The van der Waals surface area contributed by atoms with E-state index in [1.807, 2.05) is 13.8 Å². The van der Waals surface area contributed by atoms with E-state index in [-0.39, 0.29) is 35.1 Å². The minimum absolute atomic E-state index is 0.0326. The largest absolute Gasteiger partial charge is 0.496 e. The fourth-order valence-corrected chi connectivity index (χ4v) is 6.75. The molecule has 1 aliphatic carbocycles. The minimum atomic E-state index is -1.75. The van der Waals surface area contributed by atoms with Crippen LogP contribution in [0.1, 0.15) is 59.3 Å². The van der Waals surface area contributed by atoms with Gasteiger partial charge in [-0.15, -0.1) is 0 Å². The summed E-state index contributed by atoms with van der Waals surface area (Å²) in [6, 6.07) is -0.0104. The van der Waals surface area contributed by atoms with Crippen LogP contribution in [0.2, 0.25) is 0 Å². The zero-order valence-electron chi connectivity index (χ0n) is 17.8. The number of Topliss-reactive ketones (excluding diaryl/α,β-unsaturated/α-hetero) is 1. The molecule has 162 valence electrons. The minimum Gasteiger partial charge on any atom is -0.496 e. The summed E-state index contributed by atoms with van der Waals surface area (Å²) in [4.78, 5) is 28.4. The standard InChI is InChI=1S/C22H33NO6/c1-5-16(24)14-8-6-9-15-17-12(2)18(25)22(19(28-4)13(3)20(26)29-22)21(17,27)10-7-11-23(14)15/h12,14-17,24,27H,5-11H2,1-4H3. The maximum atomic E-state index is 13.6. The summed E-state index contributed by atoms with van der Waals surface area (Å²) in [7, 11) is 1.43. The number of fused-ring (bicyclic) bond motifs is 4. The van der Waals surface area contributed by atoms with Gasteiger partial charge in [0.05, 0.1) is 18.8 Å². The maximum Gasteiger partial charge on any atom is 0.338 e. The molecule has 7 heteroatoms. The van der Waals surface area contributed by atoms with Gasteiger partial charge in [0.25, 0.3) is 5.60 Å². The third-order valence-corrected chi connectivity index (χ3v) is 7.98. The van der Waals surface area contributed by atoms with Crippen LogP contribution in [0.5, 0.6) is 0 Å². The molecule has 7 unspecified atom stereocenters. The summed E-state index contributed by atoms with van der Waals surface area (Å²) in [5.41, 5.74) is -3.01. The second-order valence-corrected chi connectivity index (χ2v) is 9.21. The third kappa shape index (κ3) is 2.53. The average molecular weight is 408 g/mol. The van der Waals surface area contributed by atoms with Gasteiger partial charge < -0.3 is 19.7 Å². The molecule has 0 bridgehead atoms. The Morgan fingerprint density at radius 1 is 1.31 bits per heavy atom. The number of esters is 1. The monoisotopic (exact) mass is 407 g/mol. The molecule has 0 aromatic heterocycles. The van der Waals surface area contributed by atoms with E-state index in [0.29, 0.717) is 19.3 Å². The van der Waals surface area contributed by atoms with Crippen molar-refractivity contribution in [1.82, 2.24) is 4.90 Å². The lowest BCUT2D eigenvalue weighted by molar-refractivity contribution is -0.188. The van der Waals surface area contributed by atoms with Crippen LogP contribution >= 0.6 is 0 Å². The number of aliphatic hydroxyl groups excluding tert-OH is 1. The first-order chi connectivity index (χ1) is 13.7. The predicted octanol–water partition coefficient (Wildman–Crippen LogP) is 1.56. The zero-order chi connectivity index (χ0) is 21.1. The van der Waals surface area contributed by atoms with Crippen LogP contribution < -0.4 is 0 Å². The topological polar surface area (TPSA) is 96.3 Å². The summed E-state index contributed by atoms with van der Waals surface area (Å²) in [5.74, 6) is -1.56. The van der Waals surface area contributed by atoms with Crippen molar-refractivity contribution in [3.05, 3.63) is 11.3 Å². The molecule has 3 heterocycles. The lowest BCUT2D eigenvalue weighted by atomic mass is 9.71. The highest BCUT2D eigenvalue weighted by molar-refractivity contribution is 6.05. The molecule has 3 aliphatic heterocycles. The van der Waals surface area contributed by atoms with Crippen LogP contribution in [0.4, 0.5) is 0 Å². The van der Waals surface area contributed by atoms with Crippen LogP contribution in [0.3, 0.4) is 0 Å². The third-order valence-electron chi connectivity index (χ3n) is 7.98. The first kappa shape index (κ1) is 20.8. The zero-order valence-corrected chi connectivity index (χ0v) is 17.8. The van der Waals surface area contributed by atoms with Gasteiger partial charge in [0.15, 0.2) is 11.5 Å². The van der Waals surface area contributed by atoms with Crippen molar-refractivity contribution >= 4 is 11.8 Å². The number of carbonyl (C=O) groups excluding carboxylic acids is 2. The van der Waals surface area contributed by atoms with E-state index in [9.17, 15) is 19.8 Å². The van der Waals surface area contributed by atoms with E-state index >= 15 is 0 Å². The van der Waals surface area contributed by atoms with Crippen LogP contribution in [-0.4, -0.2) is 69.9 Å². The molecule has 3 fully saturated rings. The number of ether oxygens (including phenoxy) is 2. The molecule has 0 radical (unpaired) electrons. The van der Waals surface area contributed by atoms with Crippen molar-refractivity contribution in [2.45, 2.75) is 88.7 Å². The quantitative estimate of drug-likeness (QED) is 0.685. The smallest absolute Gasteiger partial charge is 0.338 e. The van der Waals surface area contributed by atoms with Crippen molar-refractivity contribution in [3.8, 4) is 0 Å². The Morgan fingerprint density at radius 3 is 2.69 bits per heavy atom. The second kappa shape index (κ2) is 7.06. The molecule has 29 heavy (non-hydrogen) atoms. The van der Waals surface area contributed by atoms with Crippen LogP contribution in [0.15, 0.2) is 11.3 Å². The van der Waals surface area contributed by atoms with Gasteiger partial charge in [0.2, 0.25) is 0 Å². The van der Waals surface area contributed by atoms with E-state index in [0.717, 1.165) is 25.8 Å². The number of piperidine rings is 1. The first-order valence-electron chi connectivity index (χ1n) is 10.9. The summed E-state index contributed by atoms with van der Waals surface area (Å²) >= 11 is 0. The van der Waals surface area contributed by atoms with E-state index in [4.69, 9.17) is 9.47 Å². The van der Waals surface area contributed by atoms with E-state index in [1.54, 1.807) is 6.92 Å². The Kier molecular flexibility index (Phi) is 5.07. The highest BCUT2D eigenvalue weighted by Crippen LogP contribution is 2.59. The van der Waals surface area contributed by atoms with Crippen LogP contribution in [0.25, 0.3) is 0 Å². The molecule has 2 N–H and O–H groups in total. The molecular formula is C22H33NO6. The number of hydrogen-bond acceptors (Lipinski definition) is 7. The van der Waals surface area contributed by atoms with Gasteiger partial charge in [-0.1, -0.05) is 20.3 Å². The number of hydrogen-bond donors (Lipinski definition) is 2. The number of rotatable bonds is 3. The van der Waals surface area contributed by atoms with Gasteiger partial charge >= 0.3 is 5.97 Å². The molecule has 1 saturated carbocycles. The van der Waals surface area contributed by atoms with Crippen molar-refractivity contribution in [2.75, 3.05) is 13.7 Å². The number of nitrogens with zero attached hydrogens (tertiary/aromatic N) is 1. The molecule has 4 aliphatic rings. The van der Waals surface area contributed by atoms with Gasteiger partial charge in [-0.05, 0) is 45.6 Å². The summed E-state index contributed by atoms with van der Waals surface area (Å²) in [6.45, 7) is 6.16. The molecule has 7 nitrogen and oxygen atoms in total. The second-order valence-electron chi connectivity index (χ2n) is 9.21. The Balaban J connectivity index is 1.82. The number of aliphatic hydroxyl groups is 2. The van der Waals surface area contributed by atoms with Gasteiger partial charge in [0, 0.05) is 23.9 Å². The predicted molar refractivity (Wildman–Crippen MR) is 105 cm³/mol. The lowest BCUT2D eigenvalue weighted by Gasteiger charge is -2.48. The lowest BCUT2D eigenvalue weighted by Crippen LogP contribution is -2.61. The SMILES string of the molecule is CCC(O)C1CCCC2C3C(C)C(=O)C4(OC(=O)C(C)=C4OC)C3(O)CCCN12. The Morgan fingerprint density at radius 2 is 2.03 bits per heavy atom. The van der Waals surface area contributed by atoms with Gasteiger partial charge in [-0.25, -0.2) is 4.79 Å². The molecular weight excluding hydrogens is 374 g/mol. The fraction of sp³-hybridized carbons (Fsp3) is 0.818. The normalized spacial score (nSPS) is 43.8. The molecule has 0 aromatic carbocycles. The van der Waals surface area contributed by atoms with E-state index in [1.165, 1.54) is 7.11 Å². The highest BCUT2D eigenvalue weighted by Gasteiger charge is 2.77. The van der Waals surface area contributed by atoms with Crippen molar-refractivity contribution in [2.24, 2.45) is 11.8 Å². The van der Waals surface area contributed by atoms with E-state index in [2.05, 4.69) is 4.90 Å². The molecule has 7 atom stereocenters. The summed E-state index contributed by atoms with van der Waals surface area (Å²) in [6.07, 6.45) is 3.97. The molecule has 2 saturated heterocycles.